The first kappa shape index (κ1) is 11.9. The van der Waals surface area contributed by atoms with Gasteiger partial charge in [-0.3, -0.25) is 0 Å². The van der Waals surface area contributed by atoms with Crippen LogP contribution in [0.5, 0.6) is 0 Å². The van der Waals surface area contributed by atoms with Gasteiger partial charge in [-0.2, -0.15) is 0 Å². The molecule has 1 heterocycles. The van der Waals surface area contributed by atoms with Crippen LogP contribution in [0.3, 0.4) is 0 Å². The summed E-state index contributed by atoms with van der Waals surface area (Å²) in [5.74, 6) is 0. The van der Waals surface area contributed by atoms with E-state index < -0.39 is 0 Å². The maximum absolute atomic E-state index is 5.42. The van der Waals surface area contributed by atoms with Crippen LogP contribution in [0, 0.1) is 3.70 Å². The molecule has 1 aromatic rings. The van der Waals surface area contributed by atoms with Gasteiger partial charge in [0.1, 0.15) is 3.70 Å². The maximum atomic E-state index is 5.42. The fourth-order valence-electron chi connectivity index (χ4n) is 1.13. The Labute approximate surface area is 97.7 Å². The first-order valence-electron chi connectivity index (χ1n) is 4.66. The minimum Gasteiger partial charge on any atom is -0.351 e. The highest BCUT2D eigenvalue weighted by molar-refractivity contribution is 14.1. The monoisotopic (exact) mass is 310 g/mol. The molecule has 4 nitrogen and oxygen atoms in total. The molecule has 0 aliphatic rings. The second-order valence-electron chi connectivity index (χ2n) is 2.73. The van der Waals surface area contributed by atoms with E-state index >= 15 is 0 Å². The van der Waals surface area contributed by atoms with Gasteiger partial charge in [0, 0.05) is 19.4 Å². The van der Waals surface area contributed by atoms with Crippen molar-refractivity contribution in [2.24, 2.45) is 0 Å². The summed E-state index contributed by atoms with van der Waals surface area (Å²) in [5.41, 5.74) is 0. The number of halogens is 1. The van der Waals surface area contributed by atoms with Gasteiger partial charge in [0.2, 0.25) is 0 Å². The number of ether oxygens (including phenoxy) is 2. The maximum Gasteiger partial charge on any atom is 0.175 e. The molecule has 0 unspecified atom stereocenters. The van der Waals surface area contributed by atoms with Crippen LogP contribution in [-0.4, -0.2) is 29.1 Å². The third kappa shape index (κ3) is 3.93. The van der Waals surface area contributed by atoms with E-state index in [0.717, 1.165) is 3.70 Å². The predicted molar refractivity (Wildman–Crippen MR) is 62.0 cm³/mol. The second kappa shape index (κ2) is 6.36. The smallest absolute Gasteiger partial charge is 0.175 e. The zero-order valence-electron chi connectivity index (χ0n) is 8.44. The summed E-state index contributed by atoms with van der Waals surface area (Å²) in [4.78, 5) is 4.13. The zero-order valence-corrected chi connectivity index (χ0v) is 10.6. The molecule has 0 N–H and O–H groups in total. The fraction of sp³-hybridized carbons (Fsp3) is 0.667. The molecule has 5 heteroatoms. The van der Waals surface area contributed by atoms with Crippen LogP contribution in [0.1, 0.15) is 13.8 Å². The minimum atomic E-state index is -0.171. The van der Waals surface area contributed by atoms with E-state index in [0.29, 0.717) is 19.8 Å². The molecular weight excluding hydrogens is 295 g/mol. The van der Waals surface area contributed by atoms with Gasteiger partial charge in [0.05, 0.1) is 12.9 Å². The van der Waals surface area contributed by atoms with Crippen LogP contribution in [0.4, 0.5) is 0 Å². The van der Waals surface area contributed by atoms with Crippen molar-refractivity contribution in [2.75, 3.05) is 13.2 Å². The topological polar surface area (TPSA) is 36.3 Å². The normalized spacial score (nSPS) is 11.1. The van der Waals surface area contributed by atoms with Gasteiger partial charge in [0.25, 0.3) is 0 Å². The number of rotatable bonds is 6. The molecule has 0 saturated carbocycles. The van der Waals surface area contributed by atoms with Crippen LogP contribution in [0.25, 0.3) is 0 Å². The molecule has 0 aliphatic heterocycles. The molecule has 14 heavy (non-hydrogen) atoms. The molecule has 0 bridgehead atoms. The van der Waals surface area contributed by atoms with Crippen LogP contribution in [-0.2, 0) is 16.0 Å². The Bertz CT molecular complexity index is 259. The fourth-order valence-corrected chi connectivity index (χ4v) is 1.61. The Balaban J connectivity index is 2.46. The highest BCUT2D eigenvalue weighted by atomic mass is 127. The van der Waals surface area contributed by atoms with Gasteiger partial charge in [-0.25, -0.2) is 4.98 Å². The van der Waals surface area contributed by atoms with E-state index in [2.05, 4.69) is 27.6 Å². The number of hydrogen-bond donors (Lipinski definition) is 0. The second-order valence-corrected chi connectivity index (χ2v) is 3.84. The van der Waals surface area contributed by atoms with E-state index in [1.54, 1.807) is 6.33 Å². The summed E-state index contributed by atoms with van der Waals surface area (Å²) in [6.07, 6.45) is 3.58. The largest absolute Gasteiger partial charge is 0.351 e. The van der Waals surface area contributed by atoms with Gasteiger partial charge in [-0.15, -0.1) is 0 Å². The van der Waals surface area contributed by atoms with E-state index in [1.165, 1.54) is 0 Å². The number of hydrogen-bond acceptors (Lipinski definition) is 3. The van der Waals surface area contributed by atoms with Crippen LogP contribution < -0.4 is 0 Å². The van der Waals surface area contributed by atoms with E-state index in [-0.39, 0.29) is 6.29 Å². The van der Waals surface area contributed by atoms with Gasteiger partial charge in [-0.05, 0) is 36.4 Å². The Morgan fingerprint density at radius 2 is 2.07 bits per heavy atom. The van der Waals surface area contributed by atoms with Crippen molar-refractivity contribution < 1.29 is 9.47 Å². The van der Waals surface area contributed by atoms with Crippen molar-refractivity contribution in [2.45, 2.75) is 26.7 Å². The van der Waals surface area contributed by atoms with Crippen molar-refractivity contribution in [1.82, 2.24) is 9.55 Å². The Hall–Kier alpha value is -0.140. The first-order valence-corrected chi connectivity index (χ1v) is 5.74. The van der Waals surface area contributed by atoms with Crippen molar-refractivity contribution >= 4 is 22.6 Å². The Morgan fingerprint density at radius 3 is 2.50 bits per heavy atom. The summed E-state index contributed by atoms with van der Waals surface area (Å²) in [6, 6.07) is 0. The lowest BCUT2D eigenvalue weighted by Crippen LogP contribution is -2.23. The molecule has 0 amide bonds. The van der Waals surface area contributed by atoms with Crippen LogP contribution >= 0.6 is 22.6 Å². The molecule has 0 atom stereocenters. The van der Waals surface area contributed by atoms with Gasteiger partial charge in [0.15, 0.2) is 6.29 Å². The summed E-state index contributed by atoms with van der Waals surface area (Å²) in [7, 11) is 0. The highest BCUT2D eigenvalue weighted by Gasteiger charge is 2.08. The third-order valence-electron chi connectivity index (χ3n) is 1.67. The molecular formula is C9H15IN2O2. The lowest BCUT2D eigenvalue weighted by atomic mass is 10.6. The molecule has 0 saturated heterocycles. The van der Waals surface area contributed by atoms with Crippen LogP contribution in [0.15, 0.2) is 12.5 Å². The standard InChI is InChI=1S/C9H15IN2O2/c1-3-13-9(14-4-2)6-12-5-8(10)11-7-12/h5,7,9H,3-4,6H2,1-2H3. The van der Waals surface area contributed by atoms with Crippen molar-refractivity contribution in [3.8, 4) is 0 Å². The molecule has 0 radical (unpaired) electrons. The van der Waals surface area contributed by atoms with E-state index in [9.17, 15) is 0 Å². The quantitative estimate of drug-likeness (QED) is 0.595. The molecule has 0 fully saturated rings. The first-order chi connectivity index (χ1) is 6.76. The van der Waals surface area contributed by atoms with E-state index in [1.807, 2.05) is 24.6 Å². The molecule has 0 aromatic carbocycles. The summed E-state index contributed by atoms with van der Waals surface area (Å²) in [5, 5.41) is 0. The number of imidazole rings is 1. The van der Waals surface area contributed by atoms with Gasteiger partial charge < -0.3 is 14.0 Å². The van der Waals surface area contributed by atoms with Crippen molar-refractivity contribution in [3.63, 3.8) is 0 Å². The molecule has 80 valence electrons. The van der Waals surface area contributed by atoms with E-state index in [4.69, 9.17) is 9.47 Å². The molecule has 1 rings (SSSR count). The molecule has 0 aliphatic carbocycles. The Kier molecular flexibility index (Phi) is 5.42. The lowest BCUT2D eigenvalue weighted by molar-refractivity contribution is -0.143. The third-order valence-corrected chi connectivity index (χ3v) is 2.22. The molecule has 0 spiro atoms. The Morgan fingerprint density at radius 1 is 1.43 bits per heavy atom. The van der Waals surface area contributed by atoms with Gasteiger partial charge >= 0.3 is 0 Å². The number of nitrogens with zero attached hydrogens (tertiary/aromatic N) is 2. The average Bonchev–Trinajstić information content (AvgIpc) is 2.52. The summed E-state index contributed by atoms with van der Waals surface area (Å²) in [6.45, 7) is 5.94. The lowest BCUT2D eigenvalue weighted by Gasteiger charge is -2.16. The van der Waals surface area contributed by atoms with Crippen LogP contribution in [0.2, 0.25) is 0 Å². The van der Waals surface area contributed by atoms with Crippen molar-refractivity contribution in [1.29, 1.82) is 0 Å². The summed E-state index contributed by atoms with van der Waals surface area (Å²) >= 11 is 2.18. The highest BCUT2D eigenvalue weighted by Crippen LogP contribution is 2.04. The summed E-state index contributed by atoms with van der Waals surface area (Å²) < 4.78 is 13.8. The predicted octanol–water partition coefficient (Wildman–Crippen LogP) is 1.89. The average molecular weight is 310 g/mol. The minimum absolute atomic E-state index is 0.171. The number of aromatic nitrogens is 2. The molecule has 1 aromatic heterocycles. The van der Waals surface area contributed by atoms with Crippen molar-refractivity contribution in [3.05, 3.63) is 16.2 Å². The zero-order chi connectivity index (χ0) is 10.4. The SMILES string of the molecule is CCOC(Cn1cnc(I)c1)OCC. The van der Waals surface area contributed by atoms with Gasteiger partial charge in [-0.1, -0.05) is 0 Å².